The zero-order valence-electron chi connectivity index (χ0n) is 23.5. The summed E-state index contributed by atoms with van der Waals surface area (Å²) >= 11 is 0. The SMILES string of the molecule is Cc1ccc(-c2cnccn2)cc1NCC(=O)N(CCNC(C)C)CC(=O)N(C)N1Cc2ccccc2C1.Cl.Cl. The number of nitrogens with zero attached hydrogens (tertiary/aromatic N) is 5. The Bertz CT molecular complexity index is 1240. The smallest absolute Gasteiger partial charge is 0.256 e. The Morgan fingerprint density at radius 1 is 1.02 bits per heavy atom. The molecule has 0 saturated heterocycles. The number of likely N-dealkylation sites (N-methyl/N-ethyl adjacent to an activating group) is 1. The van der Waals surface area contributed by atoms with Crippen molar-refractivity contribution in [1.82, 2.24) is 30.2 Å². The number of amides is 2. The van der Waals surface area contributed by atoms with Gasteiger partial charge in [0.25, 0.3) is 5.91 Å². The molecule has 11 heteroatoms. The van der Waals surface area contributed by atoms with E-state index in [-0.39, 0.29) is 55.8 Å². The van der Waals surface area contributed by atoms with Crippen LogP contribution >= 0.6 is 24.8 Å². The molecule has 1 aliphatic rings. The fraction of sp³-hybridized carbons (Fsp3) is 0.379. The Kier molecular flexibility index (Phi) is 12.8. The molecule has 2 heterocycles. The first-order valence-corrected chi connectivity index (χ1v) is 13.0. The minimum absolute atomic E-state index is 0. The third-order valence-electron chi connectivity index (χ3n) is 6.75. The van der Waals surface area contributed by atoms with Gasteiger partial charge < -0.3 is 15.5 Å². The van der Waals surface area contributed by atoms with Gasteiger partial charge in [0.1, 0.15) is 6.54 Å². The van der Waals surface area contributed by atoms with Crippen LogP contribution in [-0.2, 0) is 22.7 Å². The Labute approximate surface area is 249 Å². The quantitative estimate of drug-likeness (QED) is 0.351. The first kappa shape index (κ1) is 33.0. The molecule has 0 bridgehead atoms. The standard InChI is InChI=1S/C29H37N7O2.2ClH/c1-21(2)31-13-14-35(20-29(38)34(4)36-18-24-7-5-6-8-25(24)19-36)28(37)17-33-26-15-23(10-9-22(26)3)27-16-30-11-12-32-27;;/h5-12,15-16,21,31,33H,13-14,17-20H2,1-4H3;2*1H. The van der Waals surface area contributed by atoms with Crippen molar-refractivity contribution in [2.75, 3.05) is 38.5 Å². The highest BCUT2D eigenvalue weighted by Crippen LogP contribution is 2.24. The van der Waals surface area contributed by atoms with Crippen molar-refractivity contribution in [3.05, 3.63) is 77.7 Å². The van der Waals surface area contributed by atoms with Crippen LogP contribution in [0.15, 0.2) is 61.1 Å². The Hall–Kier alpha value is -3.24. The molecule has 9 nitrogen and oxygen atoms in total. The summed E-state index contributed by atoms with van der Waals surface area (Å²) in [5, 5.41) is 10.3. The predicted molar refractivity (Wildman–Crippen MR) is 163 cm³/mol. The maximum Gasteiger partial charge on any atom is 0.256 e. The summed E-state index contributed by atoms with van der Waals surface area (Å²) in [5.74, 6) is -0.247. The van der Waals surface area contributed by atoms with Crippen molar-refractivity contribution in [1.29, 1.82) is 0 Å². The van der Waals surface area contributed by atoms with Crippen LogP contribution in [0.2, 0.25) is 0 Å². The van der Waals surface area contributed by atoms with Crippen molar-refractivity contribution >= 4 is 42.3 Å². The number of aromatic nitrogens is 2. The number of benzene rings is 2. The van der Waals surface area contributed by atoms with E-state index < -0.39 is 0 Å². The molecule has 0 aliphatic carbocycles. The number of aryl methyl sites for hydroxylation is 1. The van der Waals surface area contributed by atoms with Gasteiger partial charge in [-0.15, -0.1) is 24.8 Å². The number of hydrogen-bond donors (Lipinski definition) is 2. The Morgan fingerprint density at radius 2 is 1.73 bits per heavy atom. The summed E-state index contributed by atoms with van der Waals surface area (Å²) in [6, 6.07) is 14.5. The highest BCUT2D eigenvalue weighted by molar-refractivity contribution is 5.87. The molecule has 0 spiro atoms. The first-order valence-electron chi connectivity index (χ1n) is 13.0. The highest BCUT2D eigenvalue weighted by Gasteiger charge is 2.27. The number of carbonyl (C=O) groups is 2. The normalized spacial score (nSPS) is 12.2. The summed E-state index contributed by atoms with van der Waals surface area (Å²) in [6.45, 7) is 8.63. The van der Waals surface area contributed by atoms with Gasteiger partial charge in [-0.3, -0.25) is 24.6 Å². The number of halogens is 2. The molecule has 0 fully saturated rings. The number of anilines is 1. The van der Waals surface area contributed by atoms with E-state index >= 15 is 0 Å². The van der Waals surface area contributed by atoms with Crippen molar-refractivity contribution in [3.63, 3.8) is 0 Å². The van der Waals surface area contributed by atoms with Crippen LogP contribution in [-0.4, -0.2) is 76.0 Å². The molecule has 40 heavy (non-hydrogen) atoms. The molecule has 4 rings (SSSR count). The van der Waals surface area contributed by atoms with Gasteiger partial charge in [0.2, 0.25) is 5.91 Å². The molecule has 0 saturated carbocycles. The van der Waals surface area contributed by atoms with E-state index in [2.05, 4.69) is 46.6 Å². The van der Waals surface area contributed by atoms with Crippen LogP contribution in [0.3, 0.4) is 0 Å². The maximum atomic E-state index is 13.3. The molecule has 0 atom stereocenters. The van der Waals surface area contributed by atoms with Gasteiger partial charge in [-0.05, 0) is 29.7 Å². The van der Waals surface area contributed by atoms with E-state index in [1.54, 1.807) is 35.5 Å². The third-order valence-corrected chi connectivity index (χ3v) is 6.75. The second kappa shape index (κ2) is 15.5. The molecule has 2 N–H and O–H groups in total. The lowest BCUT2D eigenvalue weighted by molar-refractivity contribution is -0.151. The second-order valence-corrected chi connectivity index (χ2v) is 9.91. The van der Waals surface area contributed by atoms with E-state index in [0.29, 0.717) is 26.2 Å². The lowest BCUT2D eigenvalue weighted by atomic mass is 10.1. The number of hydrogen-bond acceptors (Lipinski definition) is 7. The summed E-state index contributed by atoms with van der Waals surface area (Å²) < 4.78 is 0. The van der Waals surface area contributed by atoms with E-state index in [9.17, 15) is 9.59 Å². The molecular weight excluding hydrogens is 549 g/mol. The number of carbonyl (C=O) groups excluding carboxylic acids is 2. The van der Waals surface area contributed by atoms with Crippen LogP contribution in [0.4, 0.5) is 5.69 Å². The molecule has 0 unspecified atom stereocenters. The summed E-state index contributed by atoms with van der Waals surface area (Å²) in [7, 11) is 1.78. The second-order valence-electron chi connectivity index (χ2n) is 9.91. The fourth-order valence-corrected chi connectivity index (χ4v) is 4.43. The Balaban J connectivity index is 0.00000280. The molecular formula is C29H39Cl2N7O2. The van der Waals surface area contributed by atoms with Gasteiger partial charge >= 0.3 is 0 Å². The predicted octanol–water partition coefficient (Wildman–Crippen LogP) is 3.92. The summed E-state index contributed by atoms with van der Waals surface area (Å²) in [5.41, 5.74) is 6.00. The average Bonchev–Trinajstić information content (AvgIpc) is 3.36. The van der Waals surface area contributed by atoms with Crippen molar-refractivity contribution in [2.24, 2.45) is 0 Å². The van der Waals surface area contributed by atoms with E-state index in [1.165, 1.54) is 11.1 Å². The zero-order valence-corrected chi connectivity index (χ0v) is 25.1. The number of rotatable bonds is 11. The molecule has 1 aromatic heterocycles. The molecule has 216 valence electrons. The summed E-state index contributed by atoms with van der Waals surface area (Å²) in [4.78, 5) is 36.7. The van der Waals surface area contributed by atoms with Gasteiger partial charge in [0.15, 0.2) is 0 Å². The zero-order chi connectivity index (χ0) is 27.1. The maximum absolute atomic E-state index is 13.3. The van der Waals surface area contributed by atoms with E-state index in [0.717, 1.165) is 22.5 Å². The molecule has 2 amide bonds. The minimum Gasteiger partial charge on any atom is -0.376 e. The van der Waals surface area contributed by atoms with Crippen molar-refractivity contribution in [2.45, 2.75) is 39.9 Å². The number of hydrazine groups is 1. The molecule has 0 radical (unpaired) electrons. The van der Waals surface area contributed by atoms with Crippen molar-refractivity contribution < 1.29 is 9.59 Å². The largest absolute Gasteiger partial charge is 0.376 e. The van der Waals surface area contributed by atoms with Crippen LogP contribution in [0.1, 0.15) is 30.5 Å². The van der Waals surface area contributed by atoms with Crippen LogP contribution < -0.4 is 10.6 Å². The fourth-order valence-electron chi connectivity index (χ4n) is 4.43. The first-order chi connectivity index (χ1) is 18.3. The molecule has 2 aromatic carbocycles. The molecule has 3 aromatic rings. The van der Waals surface area contributed by atoms with Gasteiger partial charge in [-0.2, -0.15) is 0 Å². The third kappa shape index (κ3) is 8.63. The minimum atomic E-state index is -0.133. The topological polar surface area (TPSA) is 93.7 Å². The van der Waals surface area contributed by atoms with Gasteiger partial charge in [0.05, 0.1) is 18.4 Å². The van der Waals surface area contributed by atoms with Gasteiger partial charge in [-0.1, -0.05) is 50.2 Å². The van der Waals surface area contributed by atoms with Crippen LogP contribution in [0.5, 0.6) is 0 Å². The highest BCUT2D eigenvalue weighted by atomic mass is 35.5. The van der Waals surface area contributed by atoms with E-state index in [4.69, 9.17) is 0 Å². The Morgan fingerprint density at radius 3 is 2.35 bits per heavy atom. The van der Waals surface area contributed by atoms with Crippen LogP contribution in [0.25, 0.3) is 11.3 Å². The van der Waals surface area contributed by atoms with E-state index in [1.807, 2.05) is 42.3 Å². The van der Waals surface area contributed by atoms with Crippen molar-refractivity contribution in [3.8, 4) is 11.3 Å². The van der Waals surface area contributed by atoms with Crippen LogP contribution in [0, 0.1) is 6.92 Å². The number of nitrogens with one attached hydrogen (secondary N) is 2. The van der Waals surface area contributed by atoms with Gasteiger partial charge in [-0.25, -0.2) is 5.01 Å². The van der Waals surface area contributed by atoms with Gasteiger partial charge in [0, 0.05) is 62.9 Å². The number of fused-ring (bicyclic) bond motifs is 1. The molecule has 1 aliphatic heterocycles. The lowest BCUT2D eigenvalue weighted by Crippen LogP contribution is -2.49. The average molecular weight is 589 g/mol. The monoisotopic (exact) mass is 587 g/mol. The summed E-state index contributed by atoms with van der Waals surface area (Å²) in [6.07, 6.45) is 5.01. The lowest BCUT2D eigenvalue weighted by Gasteiger charge is -2.31.